The molecule has 2 aromatic heterocycles. The van der Waals surface area contributed by atoms with Crippen molar-refractivity contribution in [3.05, 3.63) is 32.9 Å². The van der Waals surface area contributed by atoms with Crippen LogP contribution in [-0.4, -0.2) is 19.6 Å². The Balaban J connectivity index is 2.32. The summed E-state index contributed by atoms with van der Waals surface area (Å²) in [6, 6.07) is 0. The molecule has 1 N–H and O–H groups in total. The standard InChI is InChI=1S/C13H18BrN5O/c1-8(2)6-19-13(20)12(14)10(5-15-19)16-11-7-18(4)17-9(11)3/h5,7-8,16H,6H2,1-4H3. The molecule has 0 bridgehead atoms. The van der Waals surface area contributed by atoms with Crippen LogP contribution in [0.3, 0.4) is 0 Å². The third-order valence-electron chi connectivity index (χ3n) is 2.81. The van der Waals surface area contributed by atoms with Crippen LogP contribution in [0.4, 0.5) is 11.4 Å². The van der Waals surface area contributed by atoms with Gasteiger partial charge in [0.25, 0.3) is 5.56 Å². The largest absolute Gasteiger partial charge is 0.350 e. The minimum Gasteiger partial charge on any atom is -0.350 e. The van der Waals surface area contributed by atoms with Crippen molar-refractivity contribution in [3.8, 4) is 0 Å². The Morgan fingerprint density at radius 3 is 2.65 bits per heavy atom. The van der Waals surface area contributed by atoms with Crippen molar-refractivity contribution in [1.82, 2.24) is 19.6 Å². The number of hydrogen-bond donors (Lipinski definition) is 1. The summed E-state index contributed by atoms with van der Waals surface area (Å²) in [7, 11) is 1.85. The Morgan fingerprint density at radius 2 is 2.10 bits per heavy atom. The molecule has 0 saturated carbocycles. The van der Waals surface area contributed by atoms with Crippen LogP contribution in [0.25, 0.3) is 0 Å². The van der Waals surface area contributed by atoms with E-state index >= 15 is 0 Å². The Morgan fingerprint density at radius 1 is 1.40 bits per heavy atom. The van der Waals surface area contributed by atoms with E-state index in [2.05, 4.69) is 31.4 Å². The van der Waals surface area contributed by atoms with E-state index < -0.39 is 0 Å². The smallest absolute Gasteiger partial charge is 0.283 e. The molecule has 0 aliphatic heterocycles. The molecule has 0 unspecified atom stereocenters. The van der Waals surface area contributed by atoms with Crippen LogP contribution in [0.15, 0.2) is 21.7 Å². The summed E-state index contributed by atoms with van der Waals surface area (Å²) in [6.07, 6.45) is 3.52. The fourth-order valence-corrected chi connectivity index (χ4v) is 2.30. The topological polar surface area (TPSA) is 64.7 Å². The number of anilines is 2. The molecular weight excluding hydrogens is 322 g/mol. The maximum Gasteiger partial charge on any atom is 0.283 e. The summed E-state index contributed by atoms with van der Waals surface area (Å²) in [4.78, 5) is 12.2. The summed E-state index contributed by atoms with van der Waals surface area (Å²) < 4.78 is 3.67. The number of nitrogens with zero attached hydrogens (tertiary/aromatic N) is 4. The van der Waals surface area contributed by atoms with Gasteiger partial charge in [0.1, 0.15) is 4.47 Å². The maximum absolute atomic E-state index is 12.2. The van der Waals surface area contributed by atoms with Gasteiger partial charge in [0.2, 0.25) is 0 Å². The lowest BCUT2D eigenvalue weighted by Crippen LogP contribution is -2.26. The highest BCUT2D eigenvalue weighted by molar-refractivity contribution is 9.10. The van der Waals surface area contributed by atoms with E-state index in [1.165, 1.54) is 4.68 Å². The summed E-state index contributed by atoms with van der Waals surface area (Å²) in [5.74, 6) is 0.367. The zero-order valence-electron chi connectivity index (χ0n) is 12.0. The first-order valence-electron chi connectivity index (χ1n) is 6.41. The molecule has 0 aliphatic rings. The third kappa shape index (κ3) is 3.09. The number of hydrogen-bond acceptors (Lipinski definition) is 4. The van der Waals surface area contributed by atoms with Crippen LogP contribution in [0.5, 0.6) is 0 Å². The molecule has 2 aromatic rings. The van der Waals surface area contributed by atoms with Crippen molar-refractivity contribution in [2.75, 3.05) is 5.32 Å². The van der Waals surface area contributed by atoms with Gasteiger partial charge < -0.3 is 5.32 Å². The molecule has 108 valence electrons. The zero-order valence-corrected chi connectivity index (χ0v) is 13.6. The fraction of sp³-hybridized carbons (Fsp3) is 0.462. The quantitative estimate of drug-likeness (QED) is 0.929. The first-order valence-corrected chi connectivity index (χ1v) is 7.20. The second-order valence-corrected chi connectivity index (χ2v) is 5.97. The van der Waals surface area contributed by atoms with Crippen molar-refractivity contribution >= 4 is 27.3 Å². The zero-order chi connectivity index (χ0) is 14.9. The van der Waals surface area contributed by atoms with Crippen LogP contribution >= 0.6 is 15.9 Å². The monoisotopic (exact) mass is 339 g/mol. The van der Waals surface area contributed by atoms with E-state index in [9.17, 15) is 4.79 Å². The van der Waals surface area contributed by atoms with E-state index in [0.717, 1.165) is 11.4 Å². The molecule has 2 heterocycles. The lowest BCUT2D eigenvalue weighted by Gasteiger charge is -2.11. The molecule has 7 heteroatoms. The van der Waals surface area contributed by atoms with Gasteiger partial charge in [0, 0.05) is 19.8 Å². The summed E-state index contributed by atoms with van der Waals surface area (Å²) in [5.41, 5.74) is 2.23. The van der Waals surface area contributed by atoms with Crippen LogP contribution in [0.1, 0.15) is 19.5 Å². The fourth-order valence-electron chi connectivity index (χ4n) is 1.90. The molecule has 0 saturated heterocycles. The predicted molar refractivity (Wildman–Crippen MR) is 82.3 cm³/mol. The molecule has 0 aromatic carbocycles. The maximum atomic E-state index is 12.2. The summed E-state index contributed by atoms with van der Waals surface area (Å²) >= 11 is 3.35. The van der Waals surface area contributed by atoms with Crippen LogP contribution in [-0.2, 0) is 13.6 Å². The minimum absolute atomic E-state index is 0.134. The lowest BCUT2D eigenvalue weighted by molar-refractivity contribution is 0.463. The molecule has 0 spiro atoms. The molecule has 0 radical (unpaired) electrons. The molecule has 2 rings (SSSR count). The van der Waals surface area contributed by atoms with Gasteiger partial charge in [-0.25, -0.2) is 4.68 Å². The molecule has 20 heavy (non-hydrogen) atoms. The van der Waals surface area contributed by atoms with Gasteiger partial charge in [-0.05, 0) is 28.8 Å². The average Bonchev–Trinajstić information content (AvgIpc) is 2.67. The Labute approximate surface area is 125 Å². The second kappa shape index (κ2) is 5.78. The lowest BCUT2D eigenvalue weighted by atomic mass is 10.2. The Hall–Kier alpha value is -1.63. The third-order valence-corrected chi connectivity index (χ3v) is 3.57. The van der Waals surface area contributed by atoms with E-state index in [-0.39, 0.29) is 5.56 Å². The Bertz CT molecular complexity index is 674. The second-order valence-electron chi connectivity index (χ2n) is 5.18. The van der Waals surface area contributed by atoms with Crippen molar-refractivity contribution in [3.63, 3.8) is 0 Å². The van der Waals surface area contributed by atoms with Gasteiger partial charge in [-0.3, -0.25) is 9.48 Å². The van der Waals surface area contributed by atoms with Crippen molar-refractivity contribution in [2.24, 2.45) is 13.0 Å². The van der Waals surface area contributed by atoms with Gasteiger partial charge in [-0.1, -0.05) is 13.8 Å². The van der Waals surface area contributed by atoms with Gasteiger partial charge >= 0.3 is 0 Å². The first kappa shape index (κ1) is 14.8. The van der Waals surface area contributed by atoms with Crippen LogP contribution < -0.4 is 10.9 Å². The van der Waals surface area contributed by atoms with Crippen molar-refractivity contribution in [1.29, 1.82) is 0 Å². The van der Waals surface area contributed by atoms with Crippen molar-refractivity contribution in [2.45, 2.75) is 27.3 Å². The summed E-state index contributed by atoms with van der Waals surface area (Å²) in [5, 5.41) is 11.6. The predicted octanol–water partition coefficient (Wildman–Crippen LogP) is 2.45. The minimum atomic E-state index is -0.134. The number of aryl methyl sites for hydroxylation is 2. The van der Waals surface area contributed by atoms with Crippen LogP contribution in [0.2, 0.25) is 0 Å². The van der Waals surface area contributed by atoms with Gasteiger partial charge in [0.15, 0.2) is 0 Å². The number of aromatic nitrogens is 4. The highest BCUT2D eigenvalue weighted by Gasteiger charge is 2.12. The average molecular weight is 340 g/mol. The van der Waals surface area contributed by atoms with Crippen LogP contribution in [0, 0.1) is 12.8 Å². The van der Waals surface area contributed by atoms with Gasteiger partial charge in [-0.2, -0.15) is 10.2 Å². The molecule has 0 atom stereocenters. The highest BCUT2D eigenvalue weighted by atomic mass is 79.9. The number of nitrogens with one attached hydrogen (secondary N) is 1. The molecular formula is C13H18BrN5O. The number of rotatable bonds is 4. The molecule has 6 nitrogen and oxygen atoms in total. The van der Waals surface area contributed by atoms with Gasteiger partial charge in [0.05, 0.1) is 23.3 Å². The highest BCUT2D eigenvalue weighted by Crippen LogP contribution is 2.23. The van der Waals surface area contributed by atoms with E-state index in [4.69, 9.17) is 0 Å². The van der Waals surface area contributed by atoms with E-state index in [1.54, 1.807) is 10.9 Å². The molecule has 0 aliphatic carbocycles. The van der Waals surface area contributed by atoms with Gasteiger partial charge in [-0.15, -0.1) is 0 Å². The van der Waals surface area contributed by atoms with E-state index in [1.807, 2.05) is 34.0 Å². The molecule has 0 fully saturated rings. The number of halogens is 1. The van der Waals surface area contributed by atoms with Crippen molar-refractivity contribution < 1.29 is 0 Å². The summed E-state index contributed by atoms with van der Waals surface area (Å²) in [6.45, 7) is 6.60. The first-order chi connectivity index (χ1) is 9.38. The normalized spacial score (nSPS) is 11.1. The molecule has 0 amide bonds. The SMILES string of the molecule is Cc1nn(C)cc1Nc1cnn(CC(C)C)c(=O)c1Br. The Kier molecular flexibility index (Phi) is 4.27. The van der Waals surface area contributed by atoms with E-state index in [0.29, 0.717) is 22.6 Å².